The lowest BCUT2D eigenvalue weighted by molar-refractivity contribution is -0.115. The van der Waals surface area contributed by atoms with Crippen molar-refractivity contribution in [2.24, 2.45) is 0 Å². The number of benzene rings is 3. The van der Waals surface area contributed by atoms with Crippen molar-refractivity contribution in [2.45, 2.75) is 19.2 Å². The molecule has 0 unspecified atom stereocenters. The van der Waals surface area contributed by atoms with Crippen molar-refractivity contribution in [1.82, 2.24) is 0 Å². The lowest BCUT2D eigenvalue weighted by Crippen LogP contribution is -2.27. The Kier molecular flexibility index (Phi) is 5.41. The predicted octanol–water partition coefficient (Wildman–Crippen LogP) is 5.33. The summed E-state index contributed by atoms with van der Waals surface area (Å²) in [5.41, 5.74) is 5.45. The first-order valence-corrected chi connectivity index (χ1v) is 10.5. The van der Waals surface area contributed by atoms with E-state index in [1.54, 1.807) is 11.8 Å². The van der Waals surface area contributed by atoms with Crippen LogP contribution in [0.4, 0.5) is 11.4 Å². The third-order valence-electron chi connectivity index (χ3n) is 5.02. The van der Waals surface area contributed by atoms with Crippen molar-refractivity contribution < 1.29 is 9.59 Å². The fourth-order valence-corrected chi connectivity index (χ4v) is 4.59. The standard InChI is InChI=1S/C24H22N2O2S/c1-16-7-13-20(14-8-16)26-22(27)15-29-24(26)18-9-11-19(12-10-18)25-23(28)21-6-4-3-5-17(21)2/h3-14,24H,15H2,1-2H3,(H,25,28)/t24-/m1/s1. The van der Waals surface area contributed by atoms with E-state index in [4.69, 9.17) is 0 Å². The van der Waals surface area contributed by atoms with Crippen molar-refractivity contribution >= 4 is 35.0 Å². The molecule has 4 nitrogen and oxygen atoms in total. The predicted molar refractivity (Wildman–Crippen MR) is 119 cm³/mol. The van der Waals surface area contributed by atoms with Crippen LogP contribution in [0.3, 0.4) is 0 Å². The highest BCUT2D eigenvalue weighted by atomic mass is 32.2. The van der Waals surface area contributed by atoms with Crippen LogP contribution in [0, 0.1) is 13.8 Å². The van der Waals surface area contributed by atoms with E-state index in [1.165, 1.54) is 5.56 Å². The Balaban J connectivity index is 1.52. The van der Waals surface area contributed by atoms with E-state index in [-0.39, 0.29) is 17.2 Å². The molecule has 1 aliphatic heterocycles. The van der Waals surface area contributed by atoms with E-state index in [0.717, 1.165) is 22.5 Å². The zero-order valence-corrected chi connectivity index (χ0v) is 17.2. The van der Waals surface area contributed by atoms with Gasteiger partial charge in [-0.25, -0.2) is 0 Å². The maximum atomic E-state index is 12.5. The molecule has 0 bridgehead atoms. The molecule has 3 aromatic carbocycles. The highest BCUT2D eigenvalue weighted by molar-refractivity contribution is 8.00. The Bertz CT molecular complexity index is 1050. The van der Waals surface area contributed by atoms with Gasteiger partial charge in [-0.15, -0.1) is 11.8 Å². The van der Waals surface area contributed by atoms with Gasteiger partial charge < -0.3 is 5.32 Å². The van der Waals surface area contributed by atoms with Crippen LogP contribution in [0.2, 0.25) is 0 Å². The Hall–Kier alpha value is -3.05. The van der Waals surface area contributed by atoms with E-state index in [0.29, 0.717) is 11.3 Å². The van der Waals surface area contributed by atoms with Crippen molar-refractivity contribution in [3.8, 4) is 0 Å². The topological polar surface area (TPSA) is 49.4 Å². The number of aryl methyl sites for hydroxylation is 2. The Morgan fingerprint density at radius 1 is 0.966 bits per heavy atom. The van der Waals surface area contributed by atoms with Crippen LogP contribution in [-0.2, 0) is 4.79 Å². The molecule has 0 aliphatic carbocycles. The number of anilines is 2. The van der Waals surface area contributed by atoms with E-state index in [9.17, 15) is 9.59 Å². The third-order valence-corrected chi connectivity index (χ3v) is 6.24. The number of hydrogen-bond donors (Lipinski definition) is 1. The van der Waals surface area contributed by atoms with Crippen molar-refractivity contribution in [3.05, 3.63) is 95.1 Å². The molecule has 0 spiro atoms. The van der Waals surface area contributed by atoms with Gasteiger partial charge in [-0.2, -0.15) is 0 Å². The fourth-order valence-electron chi connectivity index (χ4n) is 3.41. The van der Waals surface area contributed by atoms with Gasteiger partial charge in [0.15, 0.2) is 0 Å². The number of carbonyl (C=O) groups is 2. The molecular formula is C24H22N2O2S. The largest absolute Gasteiger partial charge is 0.322 e. The van der Waals surface area contributed by atoms with Gasteiger partial charge in [0.05, 0.1) is 5.75 Å². The van der Waals surface area contributed by atoms with E-state index in [2.05, 4.69) is 5.32 Å². The molecule has 29 heavy (non-hydrogen) atoms. The van der Waals surface area contributed by atoms with Crippen LogP contribution in [0.25, 0.3) is 0 Å². The number of hydrogen-bond acceptors (Lipinski definition) is 3. The zero-order valence-electron chi connectivity index (χ0n) is 16.4. The fraction of sp³-hybridized carbons (Fsp3) is 0.167. The number of nitrogens with one attached hydrogen (secondary N) is 1. The van der Waals surface area contributed by atoms with Gasteiger partial charge in [0.1, 0.15) is 5.37 Å². The quantitative estimate of drug-likeness (QED) is 0.641. The molecule has 0 aromatic heterocycles. The molecule has 3 aromatic rings. The van der Waals surface area contributed by atoms with Crippen LogP contribution >= 0.6 is 11.8 Å². The minimum absolute atomic E-state index is 0.0636. The molecule has 5 heteroatoms. The Morgan fingerprint density at radius 3 is 2.34 bits per heavy atom. The first-order valence-electron chi connectivity index (χ1n) is 9.50. The maximum Gasteiger partial charge on any atom is 0.255 e. The summed E-state index contributed by atoms with van der Waals surface area (Å²) in [5.74, 6) is 0.452. The average Bonchev–Trinajstić information content (AvgIpc) is 3.11. The molecule has 1 atom stereocenters. The summed E-state index contributed by atoms with van der Waals surface area (Å²) in [6, 6.07) is 23.3. The summed E-state index contributed by atoms with van der Waals surface area (Å²) >= 11 is 1.62. The van der Waals surface area contributed by atoms with E-state index < -0.39 is 0 Å². The highest BCUT2D eigenvalue weighted by Crippen LogP contribution is 2.41. The molecule has 1 N–H and O–H groups in total. The number of thioether (sulfide) groups is 1. The summed E-state index contributed by atoms with van der Waals surface area (Å²) in [6.07, 6.45) is 0. The summed E-state index contributed by atoms with van der Waals surface area (Å²) in [4.78, 5) is 26.9. The van der Waals surface area contributed by atoms with Gasteiger partial charge in [-0.1, -0.05) is 48.0 Å². The summed E-state index contributed by atoms with van der Waals surface area (Å²) in [7, 11) is 0. The van der Waals surface area contributed by atoms with Gasteiger partial charge >= 0.3 is 0 Å². The van der Waals surface area contributed by atoms with E-state index in [1.807, 2.05) is 91.5 Å². The minimum Gasteiger partial charge on any atom is -0.322 e. The van der Waals surface area contributed by atoms with Gasteiger partial charge in [0, 0.05) is 16.9 Å². The molecule has 1 heterocycles. The minimum atomic E-state index is -0.123. The summed E-state index contributed by atoms with van der Waals surface area (Å²) in [6.45, 7) is 3.96. The van der Waals surface area contributed by atoms with Gasteiger partial charge in [-0.3, -0.25) is 14.5 Å². The van der Waals surface area contributed by atoms with Gasteiger partial charge in [0.25, 0.3) is 5.91 Å². The second-order valence-corrected chi connectivity index (χ2v) is 8.22. The first-order chi connectivity index (χ1) is 14.0. The first kappa shape index (κ1) is 19.3. The SMILES string of the molecule is Cc1ccc(N2C(=O)CS[C@@H]2c2ccc(NC(=O)c3ccccc3C)cc2)cc1. The molecule has 1 aliphatic rings. The Morgan fingerprint density at radius 2 is 1.66 bits per heavy atom. The average molecular weight is 403 g/mol. The monoisotopic (exact) mass is 402 g/mol. The molecule has 4 rings (SSSR count). The van der Waals surface area contributed by atoms with Crippen molar-refractivity contribution in [3.63, 3.8) is 0 Å². The molecule has 0 radical (unpaired) electrons. The summed E-state index contributed by atoms with van der Waals surface area (Å²) in [5, 5.41) is 2.88. The highest BCUT2D eigenvalue weighted by Gasteiger charge is 2.33. The van der Waals surface area contributed by atoms with Gasteiger partial charge in [-0.05, 0) is 55.3 Å². The normalized spacial score (nSPS) is 16.1. The number of nitrogens with zero attached hydrogens (tertiary/aromatic N) is 1. The second-order valence-electron chi connectivity index (χ2n) is 7.15. The number of amides is 2. The molecule has 1 fully saturated rings. The van der Waals surface area contributed by atoms with Crippen molar-refractivity contribution in [1.29, 1.82) is 0 Å². The number of rotatable bonds is 4. The second kappa shape index (κ2) is 8.13. The lowest BCUT2D eigenvalue weighted by Gasteiger charge is -2.24. The zero-order chi connectivity index (χ0) is 20.4. The number of carbonyl (C=O) groups excluding carboxylic acids is 2. The molecule has 0 saturated carbocycles. The van der Waals surface area contributed by atoms with Crippen LogP contribution in [0.1, 0.15) is 32.4 Å². The molecule has 146 valence electrons. The Labute approximate surface area is 174 Å². The van der Waals surface area contributed by atoms with Crippen LogP contribution < -0.4 is 10.2 Å². The van der Waals surface area contributed by atoms with Crippen LogP contribution in [0.15, 0.2) is 72.8 Å². The maximum absolute atomic E-state index is 12.5. The lowest BCUT2D eigenvalue weighted by atomic mass is 10.1. The smallest absolute Gasteiger partial charge is 0.255 e. The van der Waals surface area contributed by atoms with E-state index >= 15 is 0 Å². The van der Waals surface area contributed by atoms with Crippen molar-refractivity contribution in [2.75, 3.05) is 16.0 Å². The van der Waals surface area contributed by atoms with Gasteiger partial charge in [0.2, 0.25) is 5.91 Å². The molecular weight excluding hydrogens is 380 g/mol. The summed E-state index contributed by atoms with van der Waals surface area (Å²) < 4.78 is 0. The molecule has 2 amide bonds. The van der Waals surface area contributed by atoms with Crippen LogP contribution in [-0.4, -0.2) is 17.6 Å². The van der Waals surface area contributed by atoms with Crippen LogP contribution in [0.5, 0.6) is 0 Å². The third kappa shape index (κ3) is 4.05. The molecule has 1 saturated heterocycles.